The minimum absolute atomic E-state index is 0.184. The third-order valence-corrected chi connectivity index (χ3v) is 5.39. The number of benzene rings is 1. The maximum absolute atomic E-state index is 12.5. The first-order chi connectivity index (χ1) is 9.71. The van der Waals surface area contributed by atoms with E-state index in [-0.39, 0.29) is 11.3 Å². The smallest absolute Gasteiger partial charge is 0.226 e. The lowest BCUT2D eigenvalue weighted by atomic mass is 9.62. The summed E-state index contributed by atoms with van der Waals surface area (Å²) in [6, 6.07) is 8.46. The zero-order valence-electron chi connectivity index (χ0n) is 11.8. The first kappa shape index (κ1) is 12.0. The molecule has 4 rings (SSSR count). The molecule has 1 aliphatic heterocycles. The second-order valence-electron chi connectivity index (χ2n) is 6.43. The van der Waals surface area contributed by atoms with Crippen LogP contribution in [0.4, 0.5) is 0 Å². The maximum atomic E-state index is 12.5. The lowest BCUT2D eigenvalue weighted by Gasteiger charge is -2.43. The summed E-state index contributed by atoms with van der Waals surface area (Å²) >= 11 is 0. The fourth-order valence-corrected chi connectivity index (χ4v) is 4.16. The van der Waals surface area contributed by atoms with E-state index >= 15 is 0 Å². The Morgan fingerprint density at radius 2 is 2.15 bits per heavy atom. The molecule has 2 unspecified atom stereocenters. The SMILES string of the molecule is CC1Cc2[nH]c3ccccc3c2CC12CCCNC2=O. The van der Waals surface area contributed by atoms with E-state index in [1.54, 1.807) is 0 Å². The van der Waals surface area contributed by atoms with Gasteiger partial charge in [-0.05, 0) is 43.2 Å². The molecule has 104 valence electrons. The highest BCUT2D eigenvalue weighted by Gasteiger charge is 2.48. The molecule has 1 saturated heterocycles. The number of fused-ring (bicyclic) bond motifs is 3. The molecule has 1 spiro atoms. The molecule has 20 heavy (non-hydrogen) atoms. The summed E-state index contributed by atoms with van der Waals surface area (Å²) in [5.41, 5.74) is 3.73. The van der Waals surface area contributed by atoms with Gasteiger partial charge in [0.05, 0.1) is 5.41 Å². The van der Waals surface area contributed by atoms with Crippen LogP contribution in [-0.4, -0.2) is 17.4 Å². The van der Waals surface area contributed by atoms with E-state index in [1.807, 2.05) is 0 Å². The average Bonchev–Trinajstić information content (AvgIpc) is 2.80. The molecular formula is C17H20N2O. The second-order valence-corrected chi connectivity index (χ2v) is 6.43. The maximum Gasteiger partial charge on any atom is 0.226 e. The predicted octanol–water partition coefficient (Wildman–Crippen LogP) is 2.80. The summed E-state index contributed by atoms with van der Waals surface area (Å²) < 4.78 is 0. The first-order valence-electron chi connectivity index (χ1n) is 7.57. The normalized spacial score (nSPS) is 29.4. The molecule has 0 saturated carbocycles. The van der Waals surface area contributed by atoms with Gasteiger partial charge in [-0.2, -0.15) is 0 Å². The Labute approximate surface area is 118 Å². The van der Waals surface area contributed by atoms with Crippen molar-refractivity contribution in [3.05, 3.63) is 35.5 Å². The number of aromatic nitrogens is 1. The highest BCUT2D eigenvalue weighted by atomic mass is 16.2. The summed E-state index contributed by atoms with van der Waals surface area (Å²) in [6.45, 7) is 3.08. The molecule has 1 aromatic carbocycles. The summed E-state index contributed by atoms with van der Waals surface area (Å²) in [4.78, 5) is 16.1. The highest BCUT2D eigenvalue weighted by Crippen LogP contribution is 2.46. The topological polar surface area (TPSA) is 44.9 Å². The number of H-pyrrole nitrogens is 1. The Balaban J connectivity index is 1.86. The van der Waals surface area contributed by atoms with E-state index in [2.05, 4.69) is 41.5 Å². The van der Waals surface area contributed by atoms with Gasteiger partial charge in [0.15, 0.2) is 0 Å². The molecule has 0 radical (unpaired) electrons. The van der Waals surface area contributed by atoms with Crippen molar-refractivity contribution in [3.63, 3.8) is 0 Å². The third kappa shape index (κ3) is 1.49. The molecule has 1 aliphatic carbocycles. The van der Waals surface area contributed by atoms with Gasteiger partial charge in [-0.1, -0.05) is 25.1 Å². The van der Waals surface area contributed by atoms with Gasteiger partial charge in [-0.15, -0.1) is 0 Å². The molecule has 2 heterocycles. The van der Waals surface area contributed by atoms with Gasteiger partial charge in [-0.25, -0.2) is 0 Å². The number of hydrogen-bond donors (Lipinski definition) is 2. The molecule has 1 aromatic heterocycles. The van der Waals surface area contributed by atoms with Crippen LogP contribution >= 0.6 is 0 Å². The van der Waals surface area contributed by atoms with Gasteiger partial charge in [0.1, 0.15) is 0 Å². The summed E-state index contributed by atoms with van der Waals surface area (Å²) in [5.74, 6) is 0.676. The number of para-hydroxylation sites is 1. The number of nitrogens with one attached hydrogen (secondary N) is 2. The molecule has 2 aliphatic rings. The van der Waals surface area contributed by atoms with Crippen LogP contribution in [0.25, 0.3) is 10.9 Å². The molecule has 0 bridgehead atoms. The third-order valence-electron chi connectivity index (χ3n) is 5.39. The number of carbonyl (C=O) groups excluding carboxylic acids is 1. The zero-order chi connectivity index (χ0) is 13.7. The Morgan fingerprint density at radius 1 is 1.30 bits per heavy atom. The Bertz CT molecular complexity index is 687. The van der Waals surface area contributed by atoms with Crippen molar-refractivity contribution in [1.82, 2.24) is 10.3 Å². The van der Waals surface area contributed by atoms with Crippen molar-refractivity contribution in [2.24, 2.45) is 11.3 Å². The van der Waals surface area contributed by atoms with Crippen molar-refractivity contribution in [1.29, 1.82) is 0 Å². The Kier molecular flexibility index (Phi) is 2.47. The summed E-state index contributed by atoms with van der Waals surface area (Å²) in [5, 5.41) is 4.39. The first-order valence-corrected chi connectivity index (χ1v) is 7.57. The van der Waals surface area contributed by atoms with Gasteiger partial charge < -0.3 is 10.3 Å². The van der Waals surface area contributed by atoms with E-state index in [0.29, 0.717) is 5.92 Å². The summed E-state index contributed by atoms with van der Waals surface area (Å²) in [6.07, 6.45) is 4.00. The lowest BCUT2D eigenvalue weighted by Crippen LogP contribution is -2.52. The quantitative estimate of drug-likeness (QED) is 0.758. The summed E-state index contributed by atoms with van der Waals surface area (Å²) in [7, 11) is 0. The number of hydrogen-bond acceptors (Lipinski definition) is 1. The van der Waals surface area contributed by atoms with E-state index in [9.17, 15) is 4.79 Å². The van der Waals surface area contributed by atoms with Crippen LogP contribution in [-0.2, 0) is 17.6 Å². The fourth-order valence-electron chi connectivity index (χ4n) is 4.16. The van der Waals surface area contributed by atoms with Crippen LogP contribution in [0.2, 0.25) is 0 Å². The van der Waals surface area contributed by atoms with Crippen LogP contribution in [0.1, 0.15) is 31.0 Å². The van der Waals surface area contributed by atoms with Crippen molar-refractivity contribution >= 4 is 16.8 Å². The van der Waals surface area contributed by atoms with E-state index in [1.165, 1.54) is 22.2 Å². The molecule has 2 N–H and O–H groups in total. The van der Waals surface area contributed by atoms with Gasteiger partial charge in [0.25, 0.3) is 0 Å². The van der Waals surface area contributed by atoms with E-state index < -0.39 is 0 Å². The minimum atomic E-state index is -0.184. The van der Waals surface area contributed by atoms with Crippen LogP contribution < -0.4 is 5.32 Å². The van der Waals surface area contributed by atoms with Gasteiger partial charge in [0, 0.05) is 23.1 Å². The van der Waals surface area contributed by atoms with E-state index in [4.69, 9.17) is 0 Å². The standard InChI is InChI=1S/C17H20N2O/c1-11-9-15-13(12-5-2-3-6-14(12)19-15)10-17(11)7-4-8-18-16(17)20/h2-3,5-6,11,19H,4,7-10H2,1H3,(H,18,20). The fraction of sp³-hybridized carbons (Fsp3) is 0.471. The number of rotatable bonds is 0. The molecular weight excluding hydrogens is 248 g/mol. The predicted molar refractivity (Wildman–Crippen MR) is 79.5 cm³/mol. The van der Waals surface area contributed by atoms with Crippen molar-refractivity contribution in [3.8, 4) is 0 Å². The molecule has 2 aromatic rings. The molecule has 1 fully saturated rings. The highest BCUT2D eigenvalue weighted by molar-refractivity contribution is 5.89. The number of carbonyl (C=O) groups is 1. The minimum Gasteiger partial charge on any atom is -0.358 e. The second kappa shape index (κ2) is 4.11. The largest absolute Gasteiger partial charge is 0.358 e. The number of amides is 1. The van der Waals surface area contributed by atoms with Crippen molar-refractivity contribution in [2.75, 3.05) is 6.54 Å². The molecule has 2 atom stereocenters. The Hall–Kier alpha value is -1.77. The monoisotopic (exact) mass is 268 g/mol. The average molecular weight is 268 g/mol. The van der Waals surface area contributed by atoms with Crippen LogP contribution in [0.15, 0.2) is 24.3 Å². The Morgan fingerprint density at radius 3 is 3.00 bits per heavy atom. The van der Waals surface area contributed by atoms with Crippen molar-refractivity contribution < 1.29 is 4.79 Å². The van der Waals surface area contributed by atoms with Crippen LogP contribution in [0.3, 0.4) is 0 Å². The van der Waals surface area contributed by atoms with Crippen LogP contribution in [0, 0.1) is 11.3 Å². The van der Waals surface area contributed by atoms with Gasteiger partial charge >= 0.3 is 0 Å². The van der Waals surface area contributed by atoms with E-state index in [0.717, 1.165) is 32.2 Å². The lowest BCUT2D eigenvalue weighted by molar-refractivity contribution is -0.137. The van der Waals surface area contributed by atoms with Crippen LogP contribution in [0.5, 0.6) is 0 Å². The number of aromatic amines is 1. The molecule has 3 nitrogen and oxygen atoms in total. The van der Waals surface area contributed by atoms with Gasteiger partial charge in [-0.3, -0.25) is 4.79 Å². The van der Waals surface area contributed by atoms with Gasteiger partial charge in [0.2, 0.25) is 5.91 Å². The number of piperidine rings is 1. The van der Waals surface area contributed by atoms with Crippen molar-refractivity contribution in [2.45, 2.75) is 32.6 Å². The molecule has 3 heteroatoms. The molecule has 1 amide bonds. The zero-order valence-corrected chi connectivity index (χ0v) is 11.8.